The molecule has 0 saturated heterocycles. The van der Waals surface area contributed by atoms with E-state index in [1.54, 1.807) is 0 Å². The van der Waals surface area contributed by atoms with Crippen molar-refractivity contribution >= 4 is 0 Å². The Labute approximate surface area is 95.8 Å². The second-order valence-electron chi connectivity index (χ2n) is 4.60. The Kier molecular flexibility index (Phi) is 10.4. The van der Waals surface area contributed by atoms with E-state index in [0.29, 0.717) is 12.0 Å². The van der Waals surface area contributed by atoms with Crippen LogP contribution in [0.4, 0.5) is 0 Å². The van der Waals surface area contributed by atoms with Gasteiger partial charge in [-0.25, -0.2) is 0 Å². The van der Waals surface area contributed by atoms with Crippen molar-refractivity contribution in [2.24, 2.45) is 5.92 Å². The van der Waals surface area contributed by atoms with Gasteiger partial charge in [0.05, 0.1) is 6.10 Å². The molecule has 0 amide bonds. The first-order valence-electron chi connectivity index (χ1n) is 6.53. The molecule has 0 aliphatic carbocycles. The molecule has 2 nitrogen and oxygen atoms in total. The molecule has 0 spiro atoms. The number of ether oxygens (including phenoxy) is 1. The van der Waals surface area contributed by atoms with Gasteiger partial charge in [-0.15, -0.1) is 0 Å². The summed E-state index contributed by atoms with van der Waals surface area (Å²) in [5.41, 5.74) is 0. The van der Waals surface area contributed by atoms with Crippen molar-refractivity contribution in [3.63, 3.8) is 0 Å². The van der Waals surface area contributed by atoms with Crippen molar-refractivity contribution in [2.45, 2.75) is 59.5 Å². The number of nitrogens with one attached hydrogen (secondary N) is 1. The molecule has 2 atom stereocenters. The first kappa shape index (κ1) is 14.9. The van der Waals surface area contributed by atoms with Gasteiger partial charge >= 0.3 is 0 Å². The highest BCUT2D eigenvalue weighted by Gasteiger charge is 2.05. The molecule has 0 aromatic rings. The summed E-state index contributed by atoms with van der Waals surface area (Å²) in [6.45, 7) is 11.9. The predicted molar refractivity (Wildman–Crippen MR) is 67.3 cm³/mol. The lowest BCUT2D eigenvalue weighted by atomic mass is 10.1. The summed E-state index contributed by atoms with van der Waals surface area (Å²) < 4.78 is 5.77. The molecule has 0 saturated carbocycles. The van der Waals surface area contributed by atoms with Crippen molar-refractivity contribution in [3.05, 3.63) is 0 Å². The molecule has 0 aromatic carbocycles. The molecule has 0 radical (unpaired) electrons. The van der Waals surface area contributed by atoms with Crippen LogP contribution < -0.4 is 5.32 Å². The van der Waals surface area contributed by atoms with E-state index in [1.165, 1.54) is 25.7 Å². The normalized spacial score (nSPS) is 15.2. The topological polar surface area (TPSA) is 21.3 Å². The van der Waals surface area contributed by atoms with Gasteiger partial charge in [-0.3, -0.25) is 0 Å². The molecule has 0 rings (SSSR count). The summed E-state index contributed by atoms with van der Waals surface area (Å²) in [6.07, 6.45) is 5.40. The van der Waals surface area contributed by atoms with Gasteiger partial charge in [0.25, 0.3) is 0 Å². The molecule has 0 aliphatic heterocycles. The van der Waals surface area contributed by atoms with Crippen molar-refractivity contribution in [1.29, 1.82) is 0 Å². The van der Waals surface area contributed by atoms with Crippen molar-refractivity contribution in [3.8, 4) is 0 Å². The molecule has 0 aliphatic rings. The average molecular weight is 215 g/mol. The molecule has 0 heterocycles. The smallest absolute Gasteiger partial charge is 0.0671 e. The van der Waals surface area contributed by atoms with Crippen LogP contribution in [0.2, 0.25) is 0 Å². The predicted octanol–water partition coefficient (Wildman–Crippen LogP) is 3.22. The minimum atomic E-state index is 0.348. The zero-order chi connectivity index (χ0) is 11.5. The highest BCUT2D eigenvalue weighted by atomic mass is 16.5. The second-order valence-corrected chi connectivity index (χ2v) is 4.60. The lowest BCUT2D eigenvalue weighted by Crippen LogP contribution is -2.28. The summed E-state index contributed by atoms with van der Waals surface area (Å²) in [5.74, 6) is 0.702. The molecule has 0 aromatic heterocycles. The van der Waals surface area contributed by atoms with Crippen LogP contribution in [0, 0.1) is 5.92 Å². The molecule has 0 bridgehead atoms. The number of hydrogen-bond donors (Lipinski definition) is 1. The highest BCUT2D eigenvalue weighted by Crippen LogP contribution is 2.06. The molecule has 92 valence electrons. The molecular weight excluding hydrogens is 186 g/mol. The van der Waals surface area contributed by atoms with Gasteiger partial charge in [0.2, 0.25) is 0 Å². The quantitative estimate of drug-likeness (QED) is 0.565. The monoisotopic (exact) mass is 215 g/mol. The molecule has 2 unspecified atom stereocenters. The highest BCUT2D eigenvalue weighted by molar-refractivity contribution is 4.57. The van der Waals surface area contributed by atoms with Crippen LogP contribution in [0.25, 0.3) is 0 Å². The molecule has 15 heavy (non-hydrogen) atoms. The van der Waals surface area contributed by atoms with Gasteiger partial charge in [-0.1, -0.05) is 33.6 Å². The van der Waals surface area contributed by atoms with Crippen molar-refractivity contribution in [1.82, 2.24) is 5.32 Å². The van der Waals surface area contributed by atoms with Crippen molar-refractivity contribution < 1.29 is 4.74 Å². The van der Waals surface area contributed by atoms with Gasteiger partial charge in [-0.05, 0) is 32.2 Å². The Balaban J connectivity index is 3.28. The van der Waals surface area contributed by atoms with E-state index in [4.69, 9.17) is 4.74 Å². The lowest BCUT2D eigenvalue weighted by Gasteiger charge is -2.17. The van der Waals surface area contributed by atoms with E-state index in [0.717, 1.165) is 19.7 Å². The third kappa shape index (κ3) is 10.2. The number of rotatable bonds is 10. The van der Waals surface area contributed by atoms with E-state index in [2.05, 4.69) is 33.0 Å². The van der Waals surface area contributed by atoms with Crippen LogP contribution in [0.1, 0.15) is 53.4 Å². The Morgan fingerprint density at radius 3 is 2.47 bits per heavy atom. The fraction of sp³-hybridized carbons (Fsp3) is 1.00. The first-order valence-corrected chi connectivity index (χ1v) is 6.53. The number of hydrogen-bond acceptors (Lipinski definition) is 2. The SMILES string of the molecule is CCCCNCC(C)OCC(C)CCC. The van der Waals surface area contributed by atoms with Gasteiger partial charge in [0, 0.05) is 13.2 Å². The maximum Gasteiger partial charge on any atom is 0.0671 e. The van der Waals surface area contributed by atoms with Gasteiger partial charge in [-0.2, -0.15) is 0 Å². The summed E-state index contributed by atoms with van der Waals surface area (Å²) in [4.78, 5) is 0. The van der Waals surface area contributed by atoms with E-state index < -0.39 is 0 Å². The van der Waals surface area contributed by atoms with Crippen LogP contribution >= 0.6 is 0 Å². The van der Waals surface area contributed by atoms with Crippen LogP contribution in [0.3, 0.4) is 0 Å². The first-order chi connectivity index (χ1) is 7.20. The molecule has 2 heteroatoms. The van der Waals surface area contributed by atoms with Crippen LogP contribution in [0.5, 0.6) is 0 Å². The Bertz CT molecular complexity index is 128. The third-order valence-electron chi connectivity index (χ3n) is 2.59. The van der Waals surface area contributed by atoms with E-state index in [9.17, 15) is 0 Å². The largest absolute Gasteiger partial charge is 0.377 e. The lowest BCUT2D eigenvalue weighted by molar-refractivity contribution is 0.0423. The summed E-state index contributed by atoms with van der Waals surface area (Å²) in [6, 6.07) is 0. The fourth-order valence-corrected chi connectivity index (χ4v) is 1.57. The second kappa shape index (κ2) is 10.4. The van der Waals surface area contributed by atoms with Crippen molar-refractivity contribution in [2.75, 3.05) is 19.7 Å². The van der Waals surface area contributed by atoms with E-state index >= 15 is 0 Å². The van der Waals surface area contributed by atoms with Crippen LogP contribution in [-0.4, -0.2) is 25.8 Å². The standard InChI is InChI=1S/C13H29NO/c1-5-7-9-14-10-13(4)15-11-12(3)8-6-2/h12-14H,5-11H2,1-4H3. The Morgan fingerprint density at radius 2 is 1.87 bits per heavy atom. The van der Waals surface area contributed by atoms with Crippen LogP contribution in [-0.2, 0) is 4.74 Å². The summed E-state index contributed by atoms with van der Waals surface area (Å²) in [7, 11) is 0. The molecule has 1 N–H and O–H groups in total. The van der Waals surface area contributed by atoms with E-state index in [-0.39, 0.29) is 0 Å². The van der Waals surface area contributed by atoms with Gasteiger partial charge in [0.1, 0.15) is 0 Å². The zero-order valence-electron chi connectivity index (χ0n) is 11.0. The molecule has 0 fully saturated rings. The fourth-order valence-electron chi connectivity index (χ4n) is 1.57. The third-order valence-corrected chi connectivity index (χ3v) is 2.59. The minimum absolute atomic E-state index is 0.348. The average Bonchev–Trinajstić information content (AvgIpc) is 2.22. The van der Waals surface area contributed by atoms with Crippen LogP contribution in [0.15, 0.2) is 0 Å². The van der Waals surface area contributed by atoms with Gasteiger partial charge < -0.3 is 10.1 Å². The minimum Gasteiger partial charge on any atom is -0.377 e. The van der Waals surface area contributed by atoms with E-state index in [1.807, 2.05) is 0 Å². The Hall–Kier alpha value is -0.0800. The summed E-state index contributed by atoms with van der Waals surface area (Å²) >= 11 is 0. The number of unbranched alkanes of at least 4 members (excludes halogenated alkanes) is 1. The maximum atomic E-state index is 5.77. The molecular formula is C13H29NO. The van der Waals surface area contributed by atoms with Gasteiger partial charge in [0.15, 0.2) is 0 Å². The maximum absolute atomic E-state index is 5.77. The summed E-state index contributed by atoms with van der Waals surface area (Å²) in [5, 5.41) is 3.42. The Morgan fingerprint density at radius 1 is 1.13 bits per heavy atom. The zero-order valence-corrected chi connectivity index (χ0v) is 11.0.